The molecule has 0 aliphatic carbocycles. The molecule has 0 aliphatic heterocycles. The molecule has 0 amide bonds. The number of aliphatic hydroxyl groups is 1. The predicted molar refractivity (Wildman–Crippen MR) is 109 cm³/mol. The number of anilines is 1. The van der Waals surface area contributed by atoms with E-state index in [1.807, 2.05) is 6.07 Å². The molecule has 0 bridgehead atoms. The summed E-state index contributed by atoms with van der Waals surface area (Å²) in [5.41, 5.74) is 2.07. The van der Waals surface area contributed by atoms with Gasteiger partial charge in [-0.2, -0.15) is 0 Å². The molecule has 0 fully saturated rings. The van der Waals surface area contributed by atoms with Crippen molar-refractivity contribution in [2.45, 2.75) is 12.8 Å². The van der Waals surface area contributed by atoms with Crippen molar-refractivity contribution in [1.29, 1.82) is 0 Å². The van der Waals surface area contributed by atoms with Gasteiger partial charge < -0.3 is 10.1 Å². The molecule has 1 unspecified atom stereocenters. The van der Waals surface area contributed by atoms with E-state index in [4.69, 9.17) is 5.11 Å². The highest BCUT2D eigenvalue weighted by Gasteiger charge is 2.19. The Kier molecular flexibility index (Phi) is 6.14. The van der Waals surface area contributed by atoms with E-state index < -0.39 is 28.2 Å². The summed E-state index contributed by atoms with van der Waals surface area (Å²) in [6.07, 6.45) is 0. The van der Waals surface area contributed by atoms with Crippen molar-refractivity contribution < 1.29 is 22.7 Å². The number of ketones is 1. The molecule has 3 N–H and O–H groups in total. The molecule has 29 heavy (non-hydrogen) atoms. The van der Waals surface area contributed by atoms with Gasteiger partial charge in [0, 0.05) is 17.2 Å². The van der Waals surface area contributed by atoms with Gasteiger partial charge in [-0.3, -0.25) is 9.52 Å². The quantitative estimate of drug-likeness (QED) is 0.491. The molecule has 0 aliphatic rings. The largest absolute Gasteiger partial charge is 0.395 e. The fourth-order valence-corrected chi connectivity index (χ4v) is 3.83. The summed E-state index contributed by atoms with van der Waals surface area (Å²) in [6, 6.07) is 16.3. The van der Waals surface area contributed by atoms with Crippen molar-refractivity contribution in [2.24, 2.45) is 0 Å². The zero-order valence-corrected chi connectivity index (χ0v) is 16.5. The van der Waals surface area contributed by atoms with Gasteiger partial charge in [-0.05, 0) is 29.8 Å². The van der Waals surface area contributed by atoms with E-state index in [2.05, 4.69) is 9.71 Å². The Morgan fingerprint density at radius 1 is 1.14 bits per heavy atom. The predicted octanol–water partition coefficient (Wildman–Crippen LogP) is 3.27. The fourth-order valence-electron chi connectivity index (χ4n) is 3.00. The smallest absolute Gasteiger partial charge is 0.234 e. The van der Waals surface area contributed by atoms with E-state index in [-0.39, 0.29) is 17.4 Å². The summed E-state index contributed by atoms with van der Waals surface area (Å²) >= 11 is 0. The Labute approximate surface area is 168 Å². The number of halogens is 1. The van der Waals surface area contributed by atoms with Crippen LogP contribution in [0.1, 0.15) is 40.2 Å². The molecule has 0 radical (unpaired) electrons. The molecule has 1 aromatic heterocycles. The molecule has 0 saturated heterocycles. The number of rotatable bonds is 8. The first-order valence-electron chi connectivity index (χ1n) is 9.00. The number of carbonyl (C=O) groups is 1. The average Bonchev–Trinajstić information content (AvgIpc) is 3.17. The third-order valence-electron chi connectivity index (χ3n) is 4.56. The van der Waals surface area contributed by atoms with E-state index in [1.165, 1.54) is 12.1 Å². The summed E-state index contributed by atoms with van der Waals surface area (Å²) in [5.74, 6) is -1.58. The van der Waals surface area contributed by atoms with Gasteiger partial charge in [-0.25, -0.2) is 12.8 Å². The van der Waals surface area contributed by atoms with Gasteiger partial charge in [-0.1, -0.05) is 43.3 Å². The van der Waals surface area contributed by atoms with E-state index in [9.17, 15) is 17.6 Å². The van der Waals surface area contributed by atoms with Crippen LogP contribution in [0.4, 0.5) is 10.1 Å². The maximum Gasteiger partial charge on any atom is 0.234 e. The third kappa shape index (κ3) is 4.90. The lowest BCUT2D eigenvalue weighted by molar-refractivity contribution is 0.103. The van der Waals surface area contributed by atoms with Gasteiger partial charge in [0.15, 0.2) is 0 Å². The van der Waals surface area contributed by atoms with Crippen LogP contribution in [0.15, 0.2) is 60.7 Å². The lowest BCUT2D eigenvalue weighted by Crippen LogP contribution is -2.19. The van der Waals surface area contributed by atoms with Crippen molar-refractivity contribution in [1.82, 2.24) is 4.98 Å². The minimum absolute atomic E-state index is 0.0818. The second-order valence-electron chi connectivity index (χ2n) is 6.63. The number of benzene rings is 2. The van der Waals surface area contributed by atoms with Gasteiger partial charge in [-0.15, -0.1) is 0 Å². The summed E-state index contributed by atoms with van der Waals surface area (Å²) in [4.78, 5) is 15.6. The first-order chi connectivity index (χ1) is 13.8. The van der Waals surface area contributed by atoms with Crippen molar-refractivity contribution >= 4 is 21.5 Å². The molecule has 6 nitrogen and oxygen atoms in total. The van der Waals surface area contributed by atoms with E-state index in [0.717, 1.165) is 6.07 Å². The second kappa shape index (κ2) is 8.59. The van der Waals surface area contributed by atoms with Gasteiger partial charge in [0.2, 0.25) is 15.8 Å². The van der Waals surface area contributed by atoms with Crippen molar-refractivity contribution in [3.05, 3.63) is 89.0 Å². The molecule has 2 aromatic carbocycles. The Morgan fingerprint density at radius 3 is 2.52 bits per heavy atom. The summed E-state index contributed by atoms with van der Waals surface area (Å²) in [5, 5.41) is 8.77. The van der Waals surface area contributed by atoms with Crippen molar-refractivity contribution in [2.75, 3.05) is 17.1 Å². The van der Waals surface area contributed by atoms with E-state index in [0.29, 0.717) is 22.5 Å². The molecule has 3 rings (SSSR count). The molecular formula is C21H21FN2O4S. The molecular weight excluding hydrogens is 395 g/mol. The number of sulfonamides is 1. The standard InChI is InChI=1S/C21H21FN2O4S/c1-14(17-8-7-16(13-18(17)22)24-29(27,28)12-11-25)19-9-10-20(23-19)21(26)15-5-3-2-4-6-15/h2-10,13-14,23-25H,11-12H2,1H3. The number of aromatic nitrogens is 1. The summed E-state index contributed by atoms with van der Waals surface area (Å²) in [7, 11) is -3.73. The van der Waals surface area contributed by atoms with Crippen molar-refractivity contribution in [3.8, 4) is 0 Å². The number of hydrogen-bond acceptors (Lipinski definition) is 4. The van der Waals surface area contributed by atoms with Gasteiger partial charge >= 0.3 is 0 Å². The minimum atomic E-state index is -3.73. The van der Waals surface area contributed by atoms with Gasteiger partial charge in [0.1, 0.15) is 5.82 Å². The van der Waals surface area contributed by atoms with Crippen LogP contribution < -0.4 is 4.72 Å². The first-order valence-corrected chi connectivity index (χ1v) is 10.7. The minimum Gasteiger partial charge on any atom is -0.395 e. The number of nitrogens with one attached hydrogen (secondary N) is 2. The SMILES string of the molecule is CC(c1ccc(C(=O)c2ccccc2)[nH]1)c1ccc(NS(=O)(=O)CCO)cc1F. The van der Waals surface area contributed by atoms with Gasteiger partial charge in [0.25, 0.3) is 0 Å². The average molecular weight is 416 g/mol. The van der Waals surface area contributed by atoms with Crippen LogP contribution in [0.2, 0.25) is 0 Å². The maximum absolute atomic E-state index is 14.6. The lowest BCUT2D eigenvalue weighted by atomic mass is 9.97. The van der Waals surface area contributed by atoms with Crippen LogP contribution in [0.5, 0.6) is 0 Å². The number of aromatic amines is 1. The first kappa shape index (κ1) is 20.8. The highest BCUT2D eigenvalue weighted by Crippen LogP contribution is 2.28. The fraction of sp³-hybridized carbons (Fsp3) is 0.190. The van der Waals surface area contributed by atoms with Crippen LogP contribution in [0.25, 0.3) is 0 Å². The summed E-state index contributed by atoms with van der Waals surface area (Å²) in [6.45, 7) is 1.26. The van der Waals surface area contributed by atoms with E-state index >= 15 is 0 Å². The van der Waals surface area contributed by atoms with Crippen LogP contribution in [0, 0.1) is 5.82 Å². The topological polar surface area (TPSA) is 99.3 Å². The monoisotopic (exact) mass is 416 g/mol. The maximum atomic E-state index is 14.6. The Morgan fingerprint density at radius 2 is 1.86 bits per heavy atom. The van der Waals surface area contributed by atoms with Crippen LogP contribution in [-0.4, -0.2) is 36.7 Å². The highest BCUT2D eigenvalue weighted by atomic mass is 32.2. The number of hydrogen-bond donors (Lipinski definition) is 3. The summed E-state index contributed by atoms with van der Waals surface area (Å²) < 4.78 is 40.2. The zero-order valence-electron chi connectivity index (χ0n) is 15.7. The normalized spacial score (nSPS) is 12.5. The number of carbonyl (C=O) groups excluding carboxylic acids is 1. The van der Waals surface area contributed by atoms with E-state index in [1.54, 1.807) is 43.3 Å². The van der Waals surface area contributed by atoms with Crippen LogP contribution >= 0.6 is 0 Å². The van der Waals surface area contributed by atoms with Crippen LogP contribution in [-0.2, 0) is 10.0 Å². The molecule has 3 aromatic rings. The third-order valence-corrected chi connectivity index (χ3v) is 5.82. The van der Waals surface area contributed by atoms with Crippen LogP contribution in [0.3, 0.4) is 0 Å². The molecule has 152 valence electrons. The molecule has 1 atom stereocenters. The molecule has 1 heterocycles. The second-order valence-corrected chi connectivity index (χ2v) is 8.47. The Bertz CT molecular complexity index is 1110. The Hall–Kier alpha value is -2.97. The molecule has 0 spiro atoms. The Balaban J connectivity index is 1.80. The lowest BCUT2D eigenvalue weighted by Gasteiger charge is -2.14. The number of aliphatic hydroxyl groups excluding tert-OH is 1. The number of H-pyrrole nitrogens is 1. The van der Waals surface area contributed by atoms with Crippen molar-refractivity contribution in [3.63, 3.8) is 0 Å². The zero-order chi connectivity index (χ0) is 21.0. The highest BCUT2D eigenvalue weighted by molar-refractivity contribution is 7.92. The molecule has 8 heteroatoms. The van der Waals surface area contributed by atoms with Gasteiger partial charge in [0.05, 0.1) is 23.7 Å². The molecule has 0 saturated carbocycles.